The summed E-state index contributed by atoms with van der Waals surface area (Å²) in [5.74, 6) is -0.691. The van der Waals surface area contributed by atoms with E-state index < -0.39 is 29.7 Å². The van der Waals surface area contributed by atoms with Crippen LogP contribution in [0.5, 0.6) is 0 Å². The molecule has 0 radical (unpaired) electrons. The van der Waals surface area contributed by atoms with Gasteiger partial charge in [-0.05, 0) is 26.3 Å². The molecule has 1 aromatic carbocycles. The Labute approximate surface area is 153 Å². The van der Waals surface area contributed by atoms with E-state index in [1.807, 2.05) is 30.3 Å². The first-order chi connectivity index (χ1) is 12.2. The van der Waals surface area contributed by atoms with Gasteiger partial charge >= 0.3 is 12.1 Å². The SMILES string of the molecule is CC(C)(C)OC(=O)N1CCC(=O)CC1C(N)C(=O)OCc1ccccc1. The fourth-order valence-corrected chi connectivity index (χ4v) is 2.71. The van der Waals surface area contributed by atoms with Crippen molar-refractivity contribution in [3.63, 3.8) is 0 Å². The van der Waals surface area contributed by atoms with E-state index in [-0.39, 0.29) is 31.8 Å². The summed E-state index contributed by atoms with van der Waals surface area (Å²) in [6.07, 6.45) is -0.344. The largest absolute Gasteiger partial charge is 0.460 e. The van der Waals surface area contributed by atoms with Gasteiger partial charge in [-0.15, -0.1) is 0 Å². The van der Waals surface area contributed by atoms with Crippen molar-refractivity contribution in [3.8, 4) is 0 Å². The number of rotatable bonds is 4. The molecule has 7 nitrogen and oxygen atoms in total. The summed E-state index contributed by atoms with van der Waals surface area (Å²) in [6, 6.07) is 7.32. The van der Waals surface area contributed by atoms with Crippen molar-refractivity contribution >= 4 is 17.8 Å². The number of piperidine rings is 1. The molecule has 7 heteroatoms. The van der Waals surface area contributed by atoms with Crippen molar-refractivity contribution in [2.24, 2.45) is 5.73 Å². The second kappa shape index (κ2) is 8.31. The number of carbonyl (C=O) groups is 3. The summed E-state index contributed by atoms with van der Waals surface area (Å²) in [5.41, 5.74) is 6.18. The molecule has 0 aromatic heterocycles. The molecule has 1 aliphatic rings. The molecular weight excluding hydrogens is 336 g/mol. The van der Waals surface area contributed by atoms with E-state index in [4.69, 9.17) is 15.2 Å². The second-order valence-electron chi connectivity index (χ2n) is 7.35. The predicted octanol–water partition coefficient (Wildman–Crippen LogP) is 2.03. The standard InChI is InChI=1S/C19H26N2O5/c1-19(2,3)26-18(24)21-10-9-14(22)11-15(21)16(20)17(23)25-12-13-7-5-4-6-8-13/h4-8,15-16H,9-12,20H2,1-3H3. The first kappa shape index (κ1) is 19.9. The molecule has 0 saturated carbocycles. The van der Waals surface area contributed by atoms with Crippen molar-refractivity contribution in [3.05, 3.63) is 35.9 Å². The molecule has 1 aromatic rings. The molecule has 26 heavy (non-hydrogen) atoms. The minimum atomic E-state index is -1.12. The van der Waals surface area contributed by atoms with Crippen molar-refractivity contribution in [1.29, 1.82) is 0 Å². The van der Waals surface area contributed by atoms with Gasteiger partial charge in [0.25, 0.3) is 0 Å². The zero-order valence-corrected chi connectivity index (χ0v) is 15.4. The zero-order chi connectivity index (χ0) is 19.3. The molecule has 2 unspecified atom stereocenters. The third kappa shape index (κ3) is 5.56. The molecule has 1 amide bonds. The number of benzene rings is 1. The number of ether oxygens (including phenoxy) is 2. The molecule has 2 atom stereocenters. The van der Waals surface area contributed by atoms with E-state index in [2.05, 4.69) is 0 Å². The third-order valence-corrected chi connectivity index (χ3v) is 4.01. The smallest absolute Gasteiger partial charge is 0.410 e. The molecule has 1 saturated heterocycles. The Bertz CT molecular complexity index is 654. The number of esters is 1. The normalized spacial score (nSPS) is 19.0. The number of ketones is 1. The maximum absolute atomic E-state index is 12.4. The number of amides is 1. The summed E-state index contributed by atoms with van der Waals surface area (Å²) in [6.45, 7) is 5.52. The molecule has 2 rings (SSSR count). The van der Waals surface area contributed by atoms with Gasteiger partial charge in [-0.25, -0.2) is 4.79 Å². The van der Waals surface area contributed by atoms with Gasteiger partial charge in [-0.3, -0.25) is 9.59 Å². The van der Waals surface area contributed by atoms with Gasteiger partial charge in [0.1, 0.15) is 24.0 Å². The van der Waals surface area contributed by atoms with Crippen LogP contribution in [0.2, 0.25) is 0 Å². The van der Waals surface area contributed by atoms with Crippen LogP contribution in [0.15, 0.2) is 30.3 Å². The number of Topliss-reactive ketones (excluding diaryl/α,β-unsaturated/α-hetero) is 1. The Kier molecular flexibility index (Phi) is 6.37. The quantitative estimate of drug-likeness (QED) is 0.823. The lowest BCUT2D eigenvalue weighted by Gasteiger charge is -2.38. The first-order valence-corrected chi connectivity index (χ1v) is 8.65. The van der Waals surface area contributed by atoms with Gasteiger partial charge in [0, 0.05) is 19.4 Å². The number of carbonyl (C=O) groups excluding carboxylic acids is 3. The summed E-state index contributed by atoms with van der Waals surface area (Å²) in [7, 11) is 0. The fourth-order valence-electron chi connectivity index (χ4n) is 2.71. The second-order valence-corrected chi connectivity index (χ2v) is 7.35. The van der Waals surface area contributed by atoms with E-state index in [0.29, 0.717) is 0 Å². The summed E-state index contributed by atoms with van der Waals surface area (Å²) in [4.78, 5) is 38.0. The highest BCUT2D eigenvalue weighted by atomic mass is 16.6. The Hall–Kier alpha value is -2.41. The van der Waals surface area contributed by atoms with Crippen LogP contribution < -0.4 is 5.73 Å². The summed E-state index contributed by atoms with van der Waals surface area (Å²) in [5, 5.41) is 0. The van der Waals surface area contributed by atoms with Crippen LogP contribution >= 0.6 is 0 Å². The molecule has 1 fully saturated rings. The predicted molar refractivity (Wildman–Crippen MR) is 95.2 cm³/mol. The molecule has 142 valence electrons. The molecule has 0 aliphatic carbocycles. The van der Waals surface area contributed by atoms with Crippen LogP contribution in [-0.4, -0.2) is 47.0 Å². The van der Waals surface area contributed by atoms with E-state index in [9.17, 15) is 14.4 Å². The summed E-state index contributed by atoms with van der Waals surface area (Å²) < 4.78 is 10.6. The highest BCUT2D eigenvalue weighted by molar-refractivity contribution is 5.85. The van der Waals surface area contributed by atoms with E-state index in [1.54, 1.807) is 20.8 Å². The fraction of sp³-hybridized carbons (Fsp3) is 0.526. The lowest BCUT2D eigenvalue weighted by Crippen LogP contribution is -2.58. The molecule has 1 aliphatic heterocycles. The maximum Gasteiger partial charge on any atom is 0.410 e. The van der Waals surface area contributed by atoms with Crippen molar-refractivity contribution in [2.45, 2.75) is 57.9 Å². The van der Waals surface area contributed by atoms with Crippen LogP contribution in [-0.2, 0) is 25.7 Å². The van der Waals surface area contributed by atoms with Crippen LogP contribution in [0.3, 0.4) is 0 Å². The number of nitrogens with zero attached hydrogens (tertiary/aromatic N) is 1. The average Bonchev–Trinajstić information content (AvgIpc) is 2.58. The lowest BCUT2D eigenvalue weighted by atomic mass is 9.95. The number of likely N-dealkylation sites (tertiary alicyclic amines) is 1. The van der Waals surface area contributed by atoms with Crippen LogP contribution in [0.4, 0.5) is 4.79 Å². The highest BCUT2D eigenvalue weighted by Gasteiger charge is 2.40. The maximum atomic E-state index is 12.4. The Morgan fingerprint density at radius 2 is 1.92 bits per heavy atom. The minimum absolute atomic E-state index is 0.0147. The van der Waals surface area contributed by atoms with E-state index in [0.717, 1.165) is 5.56 Å². The van der Waals surface area contributed by atoms with Gasteiger partial charge in [-0.2, -0.15) is 0 Å². The van der Waals surface area contributed by atoms with Crippen LogP contribution in [0.1, 0.15) is 39.2 Å². The van der Waals surface area contributed by atoms with Gasteiger partial charge in [0.05, 0.1) is 6.04 Å². The van der Waals surface area contributed by atoms with Gasteiger partial charge in [-0.1, -0.05) is 30.3 Å². The lowest BCUT2D eigenvalue weighted by molar-refractivity contribution is -0.148. The Balaban J connectivity index is 2.04. The summed E-state index contributed by atoms with van der Waals surface area (Å²) >= 11 is 0. The van der Waals surface area contributed by atoms with Gasteiger partial charge < -0.3 is 20.1 Å². The van der Waals surface area contributed by atoms with Crippen molar-refractivity contribution < 1.29 is 23.9 Å². The Morgan fingerprint density at radius 3 is 2.54 bits per heavy atom. The molecule has 0 spiro atoms. The zero-order valence-electron chi connectivity index (χ0n) is 15.4. The third-order valence-electron chi connectivity index (χ3n) is 4.01. The van der Waals surface area contributed by atoms with Crippen LogP contribution in [0, 0.1) is 0 Å². The molecule has 1 heterocycles. The number of hydrogen-bond acceptors (Lipinski definition) is 6. The van der Waals surface area contributed by atoms with Gasteiger partial charge in [0.2, 0.25) is 0 Å². The Morgan fingerprint density at radius 1 is 1.27 bits per heavy atom. The van der Waals surface area contributed by atoms with Gasteiger partial charge in [0.15, 0.2) is 0 Å². The molecule has 2 N–H and O–H groups in total. The van der Waals surface area contributed by atoms with Crippen LogP contribution in [0.25, 0.3) is 0 Å². The molecule has 0 bridgehead atoms. The van der Waals surface area contributed by atoms with Crippen molar-refractivity contribution in [2.75, 3.05) is 6.54 Å². The van der Waals surface area contributed by atoms with E-state index in [1.165, 1.54) is 4.90 Å². The monoisotopic (exact) mass is 362 g/mol. The first-order valence-electron chi connectivity index (χ1n) is 8.65. The topological polar surface area (TPSA) is 98.9 Å². The highest BCUT2D eigenvalue weighted by Crippen LogP contribution is 2.21. The minimum Gasteiger partial charge on any atom is -0.460 e. The molecular formula is C19H26N2O5. The number of hydrogen-bond donors (Lipinski definition) is 1. The average molecular weight is 362 g/mol. The number of nitrogens with two attached hydrogens (primary N) is 1. The van der Waals surface area contributed by atoms with E-state index >= 15 is 0 Å². The van der Waals surface area contributed by atoms with Crippen molar-refractivity contribution in [1.82, 2.24) is 4.90 Å².